The second kappa shape index (κ2) is 4.88. The lowest BCUT2D eigenvalue weighted by atomic mass is 10.3. The predicted octanol–water partition coefficient (Wildman–Crippen LogP) is 2.74. The first-order chi connectivity index (χ1) is 9.63. The molecule has 0 unspecified atom stereocenters. The summed E-state index contributed by atoms with van der Waals surface area (Å²) < 4.78 is 7.05. The Morgan fingerprint density at radius 1 is 1.50 bits per heavy atom. The minimum absolute atomic E-state index is 0.0935. The highest BCUT2D eigenvalue weighted by atomic mass is 35.5. The predicted molar refractivity (Wildman–Crippen MR) is 77.8 cm³/mol. The Morgan fingerprint density at radius 3 is 3.05 bits per heavy atom. The first kappa shape index (κ1) is 13.1. The van der Waals surface area contributed by atoms with Crippen LogP contribution in [0.3, 0.4) is 0 Å². The number of hydrogen-bond acceptors (Lipinski definition) is 5. The Hall–Kier alpha value is -1.92. The lowest BCUT2D eigenvalue weighted by Gasteiger charge is -2.02. The molecular weight excluding hydrogens is 300 g/mol. The molecular formula is C13H9ClN2O3S. The molecule has 0 bridgehead atoms. The first-order valence-corrected chi connectivity index (χ1v) is 7.09. The van der Waals surface area contributed by atoms with Crippen LogP contribution in [-0.2, 0) is 4.74 Å². The summed E-state index contributed by atoms with van der Waals surface area (Å²) >= 11 is 7.48. The maximum atomic E-state index is 12.4. The number of aromatic nitrogens is 2. The van der Waals surface area contributed by atoms with E-state index >= 15 is 0 Å². The molecule has 1 aromatic carbocycles. The second-order valence-electron chi connectivity index (χ2n) is 4.00. The van der Waals surface area contributed by atoms with Crippen molar-refractivity contribution in [2.75, 3.05) is 6.61 Å². The lowest BCUT2D eigenvalue weighted by molar-refractivity contribution is 0.0523. The molecule has 0 aliphatic heterocycles. The number of ether oxygens (including phenoxy) is 1. The average molecular weight is 309 g/mol. The molecule has 2 aromatic heterocycles. The molecule has 0 aliphatic rings. The maximum Gasteiger partial charge on any atom is 0.345 e. The van der Waals surface area contributed by atoms with E-state index in [4.69, 9.17) is 16.3 Å². The number of benzene rings is 1. The molecule has 0 radical (unpaired) electrons. The summed E-state index contributed by atoms with van der Waals surface area (Å²) in [5.74, 6) is -0.675. The van der Waals surface area contributed by atoms with E-state index < -0.39 is 11.5 Å². The molecule has 3 aromatic rings. The fourth-order valence-corrected chi connectivity index (χ4v) is 3.28. The van der Waals surface area contributed by atoms with Gasteiger partial charge >= 0.3 is 5.97 Å². The summed E-state index contributed by atoms with van der Waals surface area (Å²) in [5, 5.41) is 0.443. The normalized spacial score (nSPS) is 11.1. The zero-order valence-corrected chi connectivity index (χ0v) is 12.0. The van der Waals surface area contributed by atoms with Crippen molar-refractivity contribution in [3.63, 3.8) is 0 Å². The smallest absolute Gasteiger partial charge is 0.345 e. The molecule has 0 fully saturated rings. The van der Waals surface area contributed by atoms with Crippen LogP contribution in [-0.4, -0.2) is 22.0 Å². The number of nitrogens with zero attached hydrogens (tertiary/aromatic N) is 2. The number of carbonyl (C=O) groups excluding carboxylic acids is 1. The Labute approximate surface area is 122 Å². The maximum absolute atomic E-state index is 12.4. The monoisotopic (exact) mass is 308 g/mol. The summed E-state index contributed by atoms with van der Waals surface area (Å²) in [4.78, 5) is 28.8. The Morgan fingerprint density at radius 2 is 2.30 bits per heavy atom. The number of para-hydroxylation sites is 1. The average Bonchev–Trinajstić information content (AvgIpc) is 2.80. The van der Waals surface area contributed by atoms with Gasteiger partial charge in [0.25, 0.3) is 5.56 Å². The van der Waals surface area contributed by atoms with Crippen LogP contribution >= 0.6 is 22.9 Å². The van der Waals surface area contributed by atoms with Gasteiger partial charge in [0, 0.05) is 0 Å². The van der Waals surface area contributed by atoms with Gasteiger partial charge in [-0.2, -0.15) is 0 Å². The van der Waals surface area contributed by atoms with Gasteiger partial charge in [0.05, 0.1) is 28.0 Å². The van der Waals surface area contributed by atoms with E-state index in [0.29, 0.717) is 15.5 Å². The van der Waals surface area contributed by atoms with E-state index in [1.54, 1.807) is 19.1 Å². The first-order valence-electron chi connectivity index (χ1n) is 5.89. The van der Waals surface area contributed by atoms with E-state index in [9.17, 15) is 9.59 Å². The van der Waals surface area contributed by atoms with Gasteiger partial charge in [-0.15, -0.1) is 0 Å². The SMILES string of the molecule is CCOC(=O)c1cnc2sc3cccc(Cl)c3n2c1=O. The van der Waals surface area contributed by atoms with Gasteiger partial charge in [0.2, 0.25) is 0 Å². The largest absolute Gasteiger partial charge is 0.462 e. The molecule has 7 heteroatoms. The molecule has 0 atom stereocenters. The molecule has 0 saturated carbocycles. The summed E-state index contributed by atoms with van der Waals surface area (Å²) in [7, 11) is 0. The van der Waals surface area contributed by atoms with Gasteiger partial charge in [-0.25, -0.2) is 14.2 Å². The number of hydrogen-bond donors (Lipinski definition) is 0. The van der Waals surface area contributed by atoms with Crippen molar-refractivity contribution in [2.24, 2.45) is 0 Å². The molecule has 3 rings (SSSR count). The highest BCUT2D eigenvalue weighted by Gasteiger charge is 2.18. The Balaban J connectivity index is 2.39. The quantitative estimate of drug-likeness (QED) is 0.683. The number of carbonyl (C=O) groups is 1. The van der Waals surface area contributed by atoms with Crippen LogP contribution in [0, 0.1) is 0 Å². The van der Waals surface area contributed by atoms with Crippen LogP contribution in [0.5, 0.6) is 0 Å². The molecule has 5 nitrogen and oxygen atoms in total. The van der Waals surface area contributed by atoms with Gasteiger partial charge in [-0.3, -0.25) is 4.79 Å². The zero-order chi connectivity index (χ0) is 14.3. The highest BCUT2D eigenvalue weighted by molar-refractivity contribution is 7.23. The minimum atomic E-state index is -0.675. The number of halogens is 1. The standard InChI is InChI=1S/C13H9ClN2O3S/c1-2-19-12(18)7-6-15-13-16(11(7)17)10-8(14)4-3-5-9(10)20-13/h3-6H,2H2,1H3. The minimum Gasteiger partial charge on any atom is -0.462 e. The van der Waals surface area contributed by atoms with Gasteiger partial charge in [-0.05, 0) is 19.1 Å². The number of rotatable bonds is 2. The third kappa shape index (κ3) is 1.88. The fourth-order valence-electron chi connectivity index (χ4n) is 1.95. The number of fused-ring (bicyclic) bond motifs is 3. The summed E-state index contributed by atoms with van der Waals surface area (Å²) in [6, 6.07) is 5.35. The summed E-state index contributed by atoms with van der Waals surface area (Å²) in [6.45, 7) is 1.88. The molecule has 0 spiro atoms. The van der Waals surface area contributed by atoms with Crippen molar-refractivity contribution in [3.8, 4) is 0 Å². The van der Waals surface area contributed by atoms with Gasteiger partial charge in [0.1, 0.15) is 5.56 Å². The van der Waals surface area contributed by atoms with Gasteiger partial charge in [0.15, 0.2) is 4.96 Å². The van der Waals surface area contributed by atoms with Gasteiger partial charge in [-0.1, -0.05) is 29.0 Å². The summed E-state index contributed by atoms with van der Waals surface area (Å²) in [5.41, 5.74) is 0.00887. The Bertz CT molecular complexity index is 884. The van der Waals surface area contributed by atoms with E-state index in [1.807, 2.05) is 6.07 Å². The van der Waals surface area contributed by atoms with E-state index in [1.165, 1.54) is 21.9 Å². The lowest BCUT2D eigenvalue weighted by Crippen LogP contribution is -2.23. The third-order valence-electron chi connectivity index (χ3n) is 2.80. The van der Waals surface area contributed by atoms with Crippen molar-refractivity contribution in [2.45, 2.75) is 6.92 Å². The molecule has 0 saturated heterocycles. The highest BCUT2D eigenvalue weighted by Crippen LogP contribution is 2.29. The van der Waals surface area contributed by atoms with Crippen molar-refractivity contribution in [3.05, 3.63) is 45.3 Å². The van der Waals surface area contributed by atoms with Crippen LogP contribution in [0.25, 0.3) is 15.2 Å². The molecule has 2 heterocycles. The van der Waals surface area contributed by atoms with Crippen molar-refractivity contribution < 1.29 is 9.53 Å². The molecule has 0 N–H and O–H groups in total. The van der Waals surface area contributed by atoms with Crippen molar-refractivity contribution in [1.29, 1.82) is 0 Å². The third-order valence-corrected chi connectivity index (χ3v) is 4.12. The van der Waals surface area contributed by atoms with E-state index in [2.05, 4.69) is 4.98 Å². The van der Waals surface area contributed by atoms with Gasteiger partial charge < -0.3 is 4.74 Å². The number of esters is 1. The second-order valence-corrected chi connectivity index (χ2v) is 5.42. The van der Waals surface area contributed by atoms with E-state index in [0.717, 1.165) is 4.70 Å². The van der Waals surface area contributed by atoms with Crippen LogP contribution < -0.4 is 5.56 Å². The van der Waals surface area contributed by atoms with Crippen LogP contribution in [0.4, 0.5) is 0 Å². The summed E-state index contributed by atoms with van der Waals surface area (Å²) in [6.07, 6.45) is 1.25. The van der Waals surface area contributed by atoms with Crippen molar-refractivity contribution in [1.82, 2.24) is 9.38 Å². The molecule has 102 valence electrons. The zero-order valence-electron chi connectivity index (χ0n) is 10.4. The van der Waals surface area contributed by atoms with Crippen LogP contribution in [0.15, 0.2) is 29.2 Å². The Kier molecular flexibility index (Phi) is 3.19. The number of thiazole rings is 1. The fraction of sp³-hybridized carbons (Fsp3) is 0.154. The van der Waals surface area contributed by atoms with Crippen LogP contribution in [0.1, 0.15) is 17.3 Å². The van der Waals surface area contributed by atoms with Crippen molar-refractivity contribution >= 4 is 44.1 Å². The molecule has 20 heavy (non-hydrogen) atoms. The molecule has 0 aliphatic carbocycles. The topological polar surface area (TPSA) is 60.7 Å². The molecule has 0 amide bonds. The van der Waals surface area contributed by atoms with Crippen LogP contribution in [0.2, 0.25) is 5.02 Å². The van der Waals surface area contributed by atoms with E-state index in [-0.39, 0.29) is 12.2 Å².